The molecule has 116 valence electrons. The maximum absolute atomic E-state index is 12.5. The standard InChI is InChI=1S/C16H13F3O3/c1-10(20)14-9-11(21-2)7-8-12(14)13-5-3-4-6-15(13)22-16(17,18)19/h3-9H,1-2H3. The molecule has 3 nitrogen and oxygen atoms in total. The van der Waals surface area contributed by atoms with Crippen molar-refractivity contribution in [3.63, 3.8) is 0 Å². The minimum absolute atomic E-state index is 0.188. The number of methoxy groups -OCH3 is 1. The summed E-state index contributed by atoms with van der Waals surface area (Å²) in [5.41, 5.74) is 0.804. The summed E-state index contributed by atoms with van der Waals surface area (Å²) in [5, 5.41) is 0. The molecule has 0 aliphatic carbocycles. The highest BCUT2D eigenvalue weighted by atomic mass is 19.4. The van der Waals surface area contributed by atoms with Crippen molar-refractivity contribution in [3.05, 3.63) is 48.0 Å². The lowest BCUT2D eigenvalue weighted by atomic mass is 9.96. The molecule has 0 saturated heterocycles. The number of rotatable bonds is 4. The van der Waals surface area contributed by atoms with Crippen LogP contribution in [0.25, 0.3) is 11.1 Å². The van der Waals surface area contributed by atoms with Crippen LogP contribution in [-0.4, -0.2) is 19.3 Å². The van der Waals surface area contributed by atoms with Crippen molar-refractivity contribution in [2.45, 2.75) is 13.3 Å². The quantitative estimate of drug-likeness (QED) is 0.782. The molecule has 0 spiro atoms. The fourth-order valence-corrected chi connectivity index (χ4v) is 2.08. The Morgan fingerprint density at radius 3 is 2.32 bits per heavy atom. The van der Waals surface area contributed by atoms with E-state index < -0.39 is 6.36 Å². The van der Waals surface area contributed by atoms with Gasteiger partial charge in [-0.3, -0.25) is 4.79 Å². The van der Waals surface area contributed by atoms with Gasteiger partial charge in [-0.1, -0.05) is 18.2 Å². The first-order valence-electron chi connectivity index (χ1n) is 6.36. The molecule has 0 atom stereocenters. The van der Waals surface area contributed by atoms with Gasteiger partial charge in [-0.2, -0.15) is 0 Å². The first kappa shape index (κ1) is 15.9. The fraction of sp³-hybridized carbons (Fsp3) is 0.188. The molecular weight excluding hydrogens is 297 g/mol. The number of para-hydroxylation sites is 1. The van der Waals surface area contributed by atoms with E-state index in [1.54, 1.807) is 12.1 Å². The number of Topliss-reactive ketones (excluding diaryl/α,β-unsaturated/α-hetero) is 1. The van der Waals surface area contributed by atoms with E-state index in [9.17, 15) is 18.0 Å². The molecule has 0 aliphatic rings. The summed E-state index contributed by atoms with van der Waals surface area (Å²) < 4.78 is 46.6. The van der Waals surface area contributed by atoms with Gasteiger partial charge in [0, 0.05) is 11.1 Å². The maximum atomic E-state index is 12.5. The highest BCUT2D eigenvalue weighted by Crippen LogP contribution is 2.36. The van der Waals surface area contributed by atoms with Crippen LogP contribution in [0.15, 0.2) is 42.5 Å². The Morgan fingerprint density at radius 1 is 1.05 bits per heavy atom. The van der Waals surface area contributed by atoms with Crippen molar-refractivity contribution >= 4 is 5.78 Å². The lowest BCUT2D eigenvalue weighted by Crippen LogP contribution is -2.17. The van der Waals surface area contributed by atoms with E-state index in [2.05, 4.69) is 4.74 Å². The largest absolute Gasteiger partial charge is 0.573 e. The Balaban J connectivity index is 2.59. The molecular formula is C16H13F3O3. The second kappa shape index (κ2) is 6.09. The number of benzene rings is 2. The average Bonchev–Trinajstić information content (AvgIpc) is 2.45. The summed E-state index contributed by atoms with van der Waals surface area (Å²) in [7, 11) is 1.44. The molecule has 0 N–H and O–H groups in total. The topological polar surface area (TPSA) is 35.5 Å². The van der Waals surface area contributed by atoms with Crippen molar-refractivity contribution in [1.82, 2.24) is 0 Å². The molecule has 6 heteroatoms. The number of alkyl halides is 3. The second-order valence-electron chi connectivity index (χ2n) is 4.51. The zero-order valence-electron chi connectivity index (χ0n) is 11.9. The van der Waals surface area contributed by atoms with Gasteiger partial charge in [-0.15, -0.1) is 13.2 Å². The minimum atomic E-state index is -4.81. The molecule has 0 aromatic heterocycles. The Morgan fingerprint density at radius 2 is 1.73 bits per heavy atom. The maximum Gasteiger partial charge on any atom is 0.573 e. The third kappa shape index (κ3) is 3.58. The Kier molecular flexibility index (Phi) is 4.40. The number of carbonyl (C=O) groups excluding carboxylic acids is 1. The zero-order valence-corrected chi connectivity index (χ0v) is 11.9. The highest BCUT2D eigenvalue weighted by molar-refractivity contribution is 6.01. The van der Waals surface area contributed by atoms with Crippen LogP contribution < -0.4 is 9.47 Å². The molecule has 0 saturated carbocycles. The van der Waals surface area contributed by atoms with Crippen LogP contribution in [0.2, 0.25) is 0 Å². The van der Waals surface area contributed by atoms with Gasteiger partial charge in [0.05, 0.1) is 7.11 Å². The van der Waals surface area contributed by atoms with Gasteiger partial charge in [0.15, 0.2) is 5.78 Å². The minimum Gasteiger partial charge on any atom is -0.497 e. The molecule has 0 aliphatic heterocycles. The molecule has 0 fully saturated rings. The van der Waals surface area contributed by atoms with E-state index in [4.69, 9.17) is 4.74 Å². The molecule has 2 aromatic carbocycles. The normalized spacial score (nSPS) is 11.1. The van der Waals surface area contributed by atoms with Crippen molar-refractivity contribution in [1.29, 1.82) is 0 Å². The summed E-state index contributed by atoms with van der Waals surface area (Å²) in [6, 6.07) is 10.3. The fourth-order valence-electron chi connectivity index (χ4n) is 2.08. The number of hydrogen-bond donors (Lipinski definition) is 0. The summed E-state index contributed by atoms with van der Waals surface area (Å²) in [6.45, 7) is 1.34. The summed E-state index contributed by atoms with van der Waals surface area (Å²) in [4.78, 5) is 11.8. The van der Waals surface area contributed by atoms with Crippen LogP contribution in [0.4, 0.5) is 13.2 Å². The van der Waals surface area contributed by atoms with Crippen LogP contribution in [0.1, 0.15) is 17.3 Å². The van der Waals surface area contributed by atoms with Crippen molar-refractivity contribution in [2.24, 2.45) is 0 Å². The third-order valence-electron chi connectivity index (χ3n) is 3.01. The first-order chi connectivity index (χ1) is 10.3. The number of halogens is 3. The van der Waals surface area contributed by atoms with Gasteiger partial charge < -0.3 is 9.47 Å². The zero-order chi connectivity index (χ0) is 16.3. The summed E-state index contributed by atoms with van der Waals surface area (Å²) in [5.74, 6) is -0.193. The Bertz CT molecular complexity index is 693. The van der Waals surface area contributed by atoms with Gasteiger partial charge in [-0.05, 0) is 36.8 Å². The summed E-state index contributed by atoms with van der Waals surface area (Å²) in [6.07, 6.45) is -4.81. The third-order valence-corrected chi connectivity index (χ3v) is 3.01. The number of carbonyl (C=O) groups is 1. The van der Waals surface area contributed by atoms with E-state index >= 15 is 0 Å². The molecule has 0 heterocycles. The van der Waals surface area contributed by atoms with Crippen molar-refractivity contribution in [3.8, 4) is 22.6 Å². The second-order valence-corrected chi connectivity index (χ2v) is 4.51. The SMILES string of the molecule is COc1ccc(-c2ccccc2OC(F)(F)F)c(C(C)=O)c1. The molecule has 0 radical (unpaired) electrons. The monoisotopic (exact) mass is 310 g/mol. The van der Waals surface area contributed by atoms with E-state index in [1.807, 2.05) is 0 Å². The van der Waals surface area contributed by atoms with Gasteiger partial charge in [-0.25, -0.2) is 0 Å². The van der Waals surface area contributed by atoms with Gasteiger partial charge in [0.25, 0.3) is 0 Å². The molecule has 0 unspecified atom stereocenters. The van der Waals surface area contributed by atoms with Gasteiger partial charge in [0.2, 0.25) is 0 Å². The summed E-state index contributed by atoms with van der Waals surface area (Å²) >= 11 is 0. The van der Waals surface area contributed by atoms with Crippen molar-refractivity contribution < 1.29 is 27.4 Å². The number of ether oxygens (including phenoxy) is 2. The van der Waals surface area contributed by atoms with E-state index in [1.165, 1.54) is 44.4 Å². The molecule has 0 bridgehead atoms. The average molecular weight is 310 g/mol. The van der Waals surface area contributed by atoms with Crippen LogP contribution in [-0.2, 0) is 0 Å². The van der Waals surface area contributed by atoms with Crippen LogP contribution >= 0.6 is 0 Å². The molecule has 2 aromatic rings. The first-order valence-corrected chi connectivity index (χ1v) is 6.36. The van der Waals surface area contributed by atoms with Gasteiger partial charge in [0.1, 0.15) is 11.5 Å². The predicted molar refractivity (Wildman–Crippen MR) is 75.1 cm³/mol. The lowest BCUT2D eigenvalue weighted by molar-refractivity contribution is -0.274. The van der Waals surface area contributed by atoms with Gasteiger partial charge >= 0.3 is 6.36 Å². The molecule has 0 amide bonds. The molecule has 2 rings (SSSR count). The van der Waals surface area contributed by atoms with E-state index in [0.29, 0.717) is 11.3 Å². The Labute approximate surface area is 125 Å². The van der Waals surface area contributed by atoms with E-state index in [0.717, 1.165) is 0 Å². The van der Waals surface area contributed by atoms with Crippen molar-refractivity contribution in [2.75, 3.05) is 7.11 Å². The Hall–Kier alpha value is -2.50. The lowest BCUT2D eigenvalue weighted by Gasteiger charge is -2.15. The predicted octanol–water partition coefficient (Wildman–Crippen LogP) is 4.46. The number of hydrogen-bond acceptors (Lipinski definition) is 3. The number of ketones is 1. The molecule has 22 heavy (non-hydrogen) atoms. The highest BCUT2D eigenvalue weighted by Gasteiger charge is 2.32. The van der Waals surface area contributed by atoms with E-state index in [-0.39, 0.29) is 22.7 Å². The van der Waals surface area contributed by atoms with Crippen LogP contribution in [0, 0.1) is 0 Å². The van der Waals surface area contributed by atoms with Crippen LogP contribution in [0.5, 0.6) is 11.5 Å². The van der Waals surface area contributed by atoms with Crippen LogP contribution in [0.3, 0.4) is 0 Å². The smallest absolute Gasteiger partial charge is 0.497 e.